The van der Waals surface area contributed by atoms with Crippen LogP contribution in [0.3, 0.4) is 0 Å². The molecule has 184 valence electrons. The van der Waals surface area contributed by atoms with Gasteiger partial charge in [0.2, 0.25) is 0 Å². The monoisotopic (exact) mass is 485 g/mol. The Morgan fingerprint density at radius 2 is 1.47 bits per heavy atom. The van der Waals surface area contributed by atoms with E-state index in [1.807, 2.05) is 54.6 Å². The highest BCUT2D eigenvalue weighted by molar-refractivity contribution is 5.84. The summed E-state index contributed by atoms with van der Waals surface area (Å²) in [5.74, 6) is -0.621. The predicted octanol–water partition coefficient (Wildman–Crippen LogP) is 3.79. The van der Waals surface area contributed by atoms with Crippen LogP contribution in [0.4, 0.5) is 9.59 Å². The molecule has 1 saturated heterocycles. The number of hydrogen-bond donors (Lipinski definition) is 2. The van der Waals surface area contributed by atoms with Crippen molar-refractivity contribution in [3.8, 4) is 11.1 Å². The molecule has 5 rings (SSSR count). The molecule has 0 unspecified atom stereocenters. The number of primary amides is 1. The van der Waals surface area contributed by atoms with Gasteiger partial charge in [0.05, 0.1) is 6.04 Å². The van der Waals surface area contributed by atoms with Gasteiger partial charge in [-0.2, -0.15) is 0 Å². The van der Waals surface area contributed by atoms with E-state index in [0.717, 1.165) is 27.8 Å². The quantitative estimate of drug-likeness (QED) is 0.516. The summed E-state index contributed by atoms with van der Waals surface area (Å²) >= 11 is 0. The lowest BCUT2D eigenvalue weighted by atomic mass is 9.98. The summed E-state index contributed by atoms with van der Waals surface area (Å²) in [6.45, 7) is 0.368. The van der Waals surface area contributed by atoms with Crippen molar-refractivity contribution in [3.05, 3.63) is 95.6 Å². The van der Waals surface area contributed by atoms with Crippen LogP contribution in [0.15, 0.2) is 78.9 Å². The predicted molar refractivity (Wildman–Crippen MR) is 133 cm³/mol. The van der Waals surface area contributed by atoms with Gasteiger partial charge in [0.15, 0.2) is 0 Å². The Balaban J connectivity index is 1.18. The number of hydrogen-bond acceptors (Lipinski definition) is 5. The molecule has 0 spiro atoms. The van der Waals surface area contributed by atoms with E-state index < -0.39 is 30.2 Å². The lowest BCUT2D eigenvalue weighted by Crippen LogP contribution is -2.45. The minimum absolute atomic E-state index is 0.0606. The van der Waals surface area contributed by atoms with Crippen LogP contribution in [0.5, 0.6) is 0 Å². The maximum absolute atomic E-state index is 12.7. The molecule has 2 aliphatic rings. The summed E-state index contributed by atoms with van der Waals surface area (Å²) in [6, 6.07) is 23.4. The molecule has 3 N–H and O–H groups in total. The van der Waals surface area contributed by atoms with Gasteiger partial charge in [-0.3, -0.25) is 0 Å². The highest BCUT2D eigenvalue weighted by Crippen LogP contribution is 2.44. The van der Waals surface area contributed by atoms with Crippen LogP contribution in [0.25, 0.3) is 11.1 Å². The molecule has 0 radical (unpaired) electrons. The first-order valence-electron chi connectivity index (χ1n) is 11.9. The SMILES string of the molecule is NC(=O)N1C[C@@H](NC(=O)OCC2c3ccccc3-c3ccccc32)C[C@H]1C(=O)OCc1ccccc1. The Morgan fingerprint density at radius 1 is 0.861 bits per heavy atom. The second-order valence-electron chi connectivity index (χ2n) is 9.00. The van der Waals surface area contributed by atoms with Crippen molar-refractivity contribution in [1.82, 2.24) is 10.2 Å². The number of esters is 1. The highest BCUT2D eigenvalue weighted by Gasteiger charge is 2.41. The number of alkyl carbamates (subject to hydrolysis) is 1. The van der Waals surface area contributed by atoms with Crippen molar-refractivity contribution in [2.45, 2.75) is 31.0 Å². The molecule has 36 heavy (non-hydrogen) atoms. The van der Waals surface area contributed by atoms with Gasteiger partial charge < -0.3 is 25.4 Å². The third-order valence-corrected chi connectivity index (χ3v) is 6.75. The lowest BCUT2D eigenvalue weighted by molar-refractivity contribution is -0.149. The molecule has 1 heterocycles. The molecular weight excluding hydrogens is 458 g/mol. The van der Waals surface area contributed by atoms with Crippen molar-refractivity contribution >= 4 is 18.1 Å². The number of nitrogens with one attached hydrogen (secondary N) is 1. The summed E-state index contributed by atoms with van der Waals surface area (Å²) in [7, 11) is 0. The smallest absolute Gasteiger partial charge is 0.407 e. The number of benzene rings is 3. The van der Waals surface area contributed by atoms with E-state index in [1.165, 1.54) is 4.90 Å². The molecule has 8 heteroatoms. The zero-order chi connectivity index (χ0) is 25.1. The van der Waals surface area contributed by atoms with Crippen molar-refractivity contribution in [2.24, 2.45) is 5.73 Å². The number of likely N-dealkylation sites (tertiary alicyclic amines) is 1. The standard InChI is InChI=1S/C28H27N3O5/c29-27(33)31-15-19(14-25(31)26(32)35-16-18-8-2-1-3-9-18)30-28(34)36-17-24-22-12-6-4-10-20(22)21-11-5-7-13-23(21)24/h1-13,19,24-25H,14-17H2,(H2,29,33)(H,30,34)/t19-,25-/m0/s1. The normalized spacial score (nSPS) is 18.3. The Bertz CT molecular complexity index is 1230. The van der Waals surface area contributed by atoms with Crippen LogP contribution in [-0.4, -0.2) is 48.2 Å². The first-order chi connectivity index (χ1) is 17.5. The van der Waals surface area contributed by atoms with Crippen LogP contribution in [0, 0.1) is 0 Å². The van der Waals surface area contributed by atoms with Gasteiger partial charge in [-0.15, -0.1) is 0 Å². The average Bonchev–Trinajstić information content (AvgIpc) is 3.46. The lowest BCUT2D eigenvalue weighted by Gasteiger charge is -2.20. The molecule has 0 aromatic heterocycles. The Hall–Kier alpha value is -4.33. The van der Waals surface area contributed by atoms with Gasteiger partial charge in [-0.05, 0) is 27.8 Å². The second-order valence-corrected chi connectivity index (χ2v) is 9.00. The molecule has 3 aromatic carbocycles. The van der Waals surface area contributed by atoms with Gasteiger partial charge >= 0.3 is 18.1 Å². The molecular formula is C28H27N3O5. The van der Waals surface area contributed by atoms with Gasteiger partial charge in [0.1, 0.15) is 19.3 Å². The fraction of sp³-hybridized carbons (Fsp3) is 0.250. The van der Waals surface area contributed by atoms with Gasteiger partial charge in [0.25, 0.3) is 0 Å². The van der Waals surface area contributed by atoms with E-state index in [-0.39, 0.29) is 32.1 Å². The van der Waals surface area contributed by atoms with Crippen LogP contribution >= 0.6 is 0 Å². The van der Waals surface area contributed by atoms with Crippen LogP contribution < -0.4 is 11.1 Å². The van der Waals surface area contributed by atoms with E-state index in [0.29, 0.717) is 0 Å². The fourth-order valence-corrected chi connectivity index (χ4v) is 5.04. The number of nitrogens with zero attached hydrogens (tertiary/aromatic N) is 1. The highest BCUT2D eigenvalue weighted by atomic mass is 16.5. The molecule has 2 atom stereocenters. The maximum atomic E-state index is 12.7. The van der Waals surface area contributed by atoms with Crippen LogP contribution in [0.1, 0.15) is 29.0 Å². The summed E-state index contributed by atoms with van der Waals surface area (Å²) < 4.78 is 11.0. The molecule has 3 amide bonds. The average molecular weight is 486 g/mol. The van der Waals surface area contributed by atoms with E-state index in [1.54, 1.807) is 0 Å². The van der Waals surface area contributed by atoms with Crippen LogP contribution in [-0.2, 0) is 20.9 Å². The third kappa shape index (κ3) is 4.75. The van der Waals surface area contributed by atoms with Crippen molar-refractivity contribution in [2.75, 3.05) is 13.2 Å². The zero-order valence-electron chi connectivity index (χ0n) is 19.6. The van der Waals surface area contributed by atoms with Crippen molar-refractivity contribution < 1.29 is 23.9 Å². The molecule has 1 aliphatic heterocycles. The molecule has 1 fully saturated rings. The largest absolute Gasteiger partial charge is 0.459 e. The summed E-state index contributed by atoms with van der Waals surface area (Å²) in [5, 5.41) is 2.78. The zero-order valence-corrected chi connectivity index (χ0v) is 19.6. The van der Waals surface area contributed by atoms with Crippen LogP contribution in [0.2, 0.25) is 0 Å². The Kier molecular flexibility index (Phi) is 6.58. The van der Waals surface area contributed by atoms with Gasteiger partial charge in [-0.25, -0.2) is 14.4 Å². The molecule has 1 aliphatic carbocycles. The number of fused-ring (bicyclic) bond motifs is 3. The first kappa shape index (κ1) is 23.4. The number of ether oxygens (including phenoxy) is 2. The van der Waals surface area contributed by atoms with E-state index in [4.69, 9.17) is 15.2 Å². The molecule has 8 nitrogen and oxygen atoms in total. The minimum atomic E-state index is -0.870. The van der Waals surface area contributed by atoms with Gasteiger partial charge in [-0.1, -0.05) is 78.9 Å². The second kappa shape index (κ2) is 10.1. The van der Waals surface area contributed by atoms with E-state index in [9.17, 15) is 14.4 Å². The number of urea groups is 1. The topological polar surface area (TPSA) is 111 Å². The minimum Gasteiger partial charge on any atom is -0.459 e. The number of nitrogens with two attached hydrogens (primary N) is 1. The Labute approximate surface area is 209 Å². The molecule has 0 bridgehead atoms. The number of rotatable bonds is 6. The van der Waals surface area contributed by atoms with Crippen molar-refractivity contribution in [3.63, 3.8) is 0 Å². The fourth-order valence-electron chi connectivity index (χ4n) is 5.04. The third-order valence-electron chi connectivity index (χ3n) is 6.75. The number of carbonyl (C=O) groups is 3. The Morgan fingerprint density at radius 3 is 2.11 bits per heavy atom. The number of carbonyl (C=O) groups excluding carboxylic acids is 3. The molecule has 0 saturated carbocycles. The maximum Gasteiger partial charge on any atom is 0.407 e. The summed E-state index contributed by atoms with van der Waals surface area (Å²) in [6.07, 6.45) is -0.412. The first-order valence-corrected chi connectivity index (χ1v) is 11.9. The van der Waals surface area contributed by atoms with E-state index >= 15 is 0 Å². The molecule has 3 aromatic rings. The van der Waals surface area contributed by atoms with Gasteiger partial charge in [0, 0.05) is 18.9 Å². The van der Waals surface area contributed by atoms with E-state index in [2.05, 4.69) is 29.6 Å². The summed E-state index contributed by atoms with van der Waals surface area (Å²) in [4.78, 5) is 38.5. The summed E-state index contributed by atoms with van der Waals surface area (Å²) in [5.41, 5.74) is 10.9. The van der Waals surface area contributed by atoms with Crippen molar-refractivity contribution in [1.29, 1.82) is 0 Å². The number of amides is 3.